The highest BCUT2D eigenvalue weighted by molar-refractivity contribution is 5.84. The molecule has 1 aromatic carbocycles. The Bertz CT molecular complexity index is 1430. The Morgan fingerprint density at radius 1 is 0.894 bits per heavy atom. The average molecular weight is 640 g/mol. The molecule has 0 radical (unpaired) electrons. The van der Waals surface area contributed by atoms with Crippen molar-refractivity contribution in [2.24, 2.45) is 51.8 Å². The second-order valence-electron chi connectivity index (χ2n) is 17.4. The van der Waals surface area contributed by atoms with Crippen LogP contribution in [-0.2, 0) is 10.3 Å². The number of imidazole rings is 1. The van der Waals surface area contributed by atoms with Crippen LogP contribution in [0.1, 0.15) is 130 Å². The summed E-state index contributed by atoms with van der Waals surface area (Å²) in [6, 6.07) is 10.4. The van der Waals surface area contributed by atoms with E-state index in [0.29, 0.717) is 40.4 Å². The number of benzene rings is 1. The summed E-state index contributed by atoms with van der Waals surface area (Å²) in [6.45, 7) is 12.9. The number of aromatic nitrogens is 2. The molecule has 0 spiro atoms. The molecule has 256 valence electrons. The van der Waals surface area contributed by atoms with Crippen molar-refractivity contribution in [1.29, 1.82) is 0 Å². The van der Waals surface area contributed by atoms with Gasteiger partial charge in [0.1, 0.15) is 5.82 Å². The van der Waals surface area contributed by atoms with E-state index >= 15 is 0 Å². The molecule has 8 rings (SSSR count). The van der Waals surface area contributed by atoms with Gasteiger partial charge in [-0.1, -0.05) is 76.4 Å². The fourth-order valence-corrected chi connectivity index (χ4v) is 13.3. The lowest BCUT2D eigenvalue weighted by Gasteiger charge is -2.67. The van der Waals surface area contributed by atoms with Gasteiger partial charge in [-0.2, -0.15) is 0 Å². The molecule has 5 heteroatoms. The third-order valence-electron chi connectivity index (χ3n) is 15.4. The number of hydrogen-bond acceptors (Lipinski definition) is 3. The van der Waals surface area contributed by atoms with E-state index < -0.39 is 0 Å². The number of amides is 1. The van der Waals surface area contributed by atoms with Gasteiger partial charge in [0.25, 0.3) is 0 Å². The van der Waals surface area contributed by atoms with Crippen LogP contribution in [0.4, 0.5) is 0 Å². The number of aliphatic hydroxyl groups excluding tert-OH is 1. The summed E-state index contributed by atoms with van der Waals surface area (Å²) in [4.78, 5) is 23.3. The van der Waals surface area contributed by atoms with Crippen LogP contribution in [0, 0.1) is 51.8 Å². The second-order valence-corrected chi connectivity index (χ2v) is 17.4. The third kappa shape index (κ3) is 5.19. The minimum Gasteiger partial charge on any atom is -0.393 e. The fourth-order valence-electron chi connectivity index (χ4n) is 13.3. The normalized spacial score (nSPS) is 41.7. The smallest absolute Gasteiger partial charge is 0.227 e. The molecule has 6 fully saturated rings. The van der Waals surface area contributed by atoms with Crippen LogP contribution in [0.5, 0.6) is 0 Å². The number of carbonyl (C=O) groups is 1. The Labute approximate surface area is 284 Å². The predicted molar refractivity (Wildman–Crippen MR) is 190 cm³/mol. The summed E-state index contributed by atoms with van der Waals surface area (Å²) in [7, 11) is 0. The van der Waals surface area contributed by atoms with Gasteiger partial charge in [-0.15, -0.1) is 6.58 Å². The van der Waals surface area contributed by atoms with Gasteiger partial charge < -0.3 is 15.4 Å². The molecule has 6 aliphatic carbocycles. The van der Waals surface area contributed by atoms with Crippen molar-refractivity contribution in [3.8, 4) is 11.3 Å². The zero-order valence-corrected chi connectivity index (χ0v) is 29.7. The highest BCUT2D eigenvalue weighted by Crippen LogP contribution is 2.71. The fraction of sp³-hybridized carbons (Fsp3) is 0.714. The maximum Gasteiger partial charge on any atom is 0.227 e. The van der Waals surface area contributed by atoms with Crippen molar-refractivity contribution in [3.63, 3.8) is 0 Å². The molecule has 47 heavy (non-hydrogen) atoms. The first kappa shape index (κ1) is 33.1. The Morgan fingerprint density at radius 3 is 2.32 bits per heavy atom. The average Bonchev–Trinajstić information content (AvgIpc) is 3.85. The van der Waals surface area contributed by atoms with Crippen molar-refractivity contribution in [3.05, 3.63) is 55.0 Å². The van der Waals surface area contributed by atoms with E-state index in [4.69, 9.17) is 4.98 Å². The van der Waals surface area contributed by atoms with E-state index in [1.807, 2.05) is 19.2 Å². The van der Waals surface area contributed by atoms with Gasteiger partial charge in [-0.05, 0) is 136 Å². The Hall–Kier alpha value is -2.40. The van der Waals surface area contributed by atoms with Crippen molar-refractivity contribution in [2.45, 2.75) is 136 Å². The van der Waals surface area contributed by atoms with Gasteiger partial charge in [0.15, 0.2) is 0 Å². The monoisotopic (exact) mass is 639 g/mol. The van der Waals surface area contributed by atoms with Crippen LogP contribution in [-0.4, -0.2) is 27.1 Å². The van der Waals surface area contributed by atoms with Crippen molar-refractivity contribution in [2.75, 3.05) is 0 Å². The molecule has 1 amide bonds. The number of rotatable bonds is 4. The number of hydrogen-bond donors (Lipinski definition) is 3. The predicted octanol–water partition coefficient (Wildman–Crippen LogP) is 9.59. The molecule has 5 nitrogen and oxygen atoms in total. The van der Waals surface area contributed by atoms with Crippen LogP contribution in [0.3, 0.4) is 0 Å². The van der Waals surface area contributed by atoms with Crippen molar-refractivity contribution >= 4 is 5.91 Å². The molecule has 3 N–H and O–H groups in total. The summed E-state index contributed by atoms with van der Waals surface area (Å²) in [5.41, 5.74) is 2.32. The summed E-state index contributed by atoms with van der Waals surface area (Å²) in [6.07, 6.45) is 20.9. The highest BCUT2D eigenvalue weighted by atomic mass is 16.3. The van der Waals surface area contributed by atoms with Crippen molar-refractivity contribution in [1.82, 2.24) is 15.3 Å². The van der Waals surface area contributed by atoms with E-state index in [1.165, 1.54) is 51.4 Å². The van der Waals surface area contributed by atoms with Crippen molar-refractivity contribution < 1.29 is 9.90 Å². The second kappa shape index (κ2) is 12.5. The number of carbonyl (C=O) groups excluding carboxylic acids is 1. The molecule has 0 saturated heterocycles. The maximum atomic E-state index is 14.8. The minimum atomic E-state index is -0.373. The number of nitrogens with one attached hydrogen (secondary N) is 2. The van der Waals surface area contributed by atoms with Crippen LogP contribution in [0.2, 0.25) is 0 Å². The van der Waals surface area contributed by atoms with Crippen LogP contribution >= 0.6 is 0 Å². The summed E-state index contributed by atoms with van der Waals surface area (Å²) in [5, 5.41) is 14.5. The summed E-state index contributed by atoms with van der Waals surface area (Å²) < 4.78 is 0. The zero-order valence-electron chi connectivity index (χ0n) is 29.7. The molecule has 1 aromatic heterocycles. The molecule has 2 aromatic rings. The number of aromatic amines is 1. The standard InChI is InChI=1S/C39H55N3O2.C3H6/c1-25-28-15-21-37(3)29-16-23-38(18-9-12-30(38)27(29)13-14-33(37)36(28,2)22-17-32(25)43)35(44)42-39(19-7-8-20-39)34-40-24-31(41-34)26-10-5-4-6-11-26;1-3-2/h4-6,10-11,24-25,27-30,32-33,43H,7-9,12-23H2,1-3H3,(H,40,41)(H,42,44);3H,1H2,2H3. The van der Waals surface area contributed by atoms with Crippen LogP contribution < -0.4 is 5.32 Å². The van der Waals surface area contributed by atoms with Gasteiger partial charge in [0.2, 0.25) is 5.91 Å². The quantitative estimate of drug-likeness (QED) is 0.292. The number of nitrogens with zero attached hydrogens (tertiary/aromatic N) is 1. The van der Waals surface area contributed by atoms with Gasteiger partial charge in [-0.3, -0.25) is 4.79 Å². The molecular formula is C42H61N3O2. The Kier molecular flexibility index (Phi) is 8.80. The zero-order chi connectivity index (χ0) is 33.0. The first-order chi connectivity index (χ1) is 22.6. The lowest BCUT2D eigenvalue weighted by molar-refractivity contribution is -0.196. The number of fused-ring (bicyclic) bond motifs is 7. The lowest BCUT2D eigenvalue weighted by Crippen LogP contribution is -2.62. The highest BCUT2D eigenvalue weighted by Gasteiger charge is 2.66. The van der Waals surface area contributed by atoms with Gasteiger partial charge in [0.05, 0.1) is 28.9 Å². The molecule has 0 aliphatic heterocycles. The van der Waals surface area contributed by atoms with Gasteiger partial charge >= 0.3 is 0 Å². The Morgan fingerprint density at radius 2 is 1.57 bits per heavy atom. The number of H-pyrrole nitrogens is 1. The van der Waals surface area contributed by atoms with Gasteiger partial charge in [0, 0.05) is 0 Å². The number of aliphatic hydroxyl groups is 1. The lowest BCUT2D eigenvalue weighted by atomic mass is 9.37. The number of allylic oxidation sites excluding steroid dienone is 1. The third-order valence-corrected chi connectivity index (χ3v) is 15.4. The molecule has 1 heterocycles. The van der Waals surface area contributed by atoms with E-state index in [1.54, 1.807) is 6.08 Å². The minimum absolute atomic E-state index is 0.115. The van der Waals surface area contributed by atoms with Gasteiger partial charge in [-0.25, -0.2) is 4.98 Å². The molecule has 6 aliphatic rings. The molecular weight excluding hydrogens is 578 g/mol. The summed E-state index contributed by atoms with van der Waals surface area (Å²) >= 11 is 0. The molecule has 10 atom stereocenters. The van der Waals surface area contributed by atoms with E-state index in [-0.39, 0.29) is 17.1 Å². The largest absolute Gasteiger partial charge is 0.393 e. The first-order valence-corrected chi connectivity index (χ1v) is 19.3. The first-order valence-electron chi connectivity index (χ1n) is 19.3. The topological polar surface area (TPSA) is 78.0 Å². The van der Waals surface area contributed by atoms with E-state index in [0.717, 1.165) is 73.9 Å². The SMILES string of the molecule is C=CC.CC1C(O)CCC2(C)C1CCC1(C)C3CCC4(C(=O)NC5(c6ncc(-c7ccccc7)[nH]6)CCCC5)CCCC4C3CCC21. The van der Waals surface area contributed by atoms with E-state index in [9.17, 15) is 9.90 Å². The summed E-state index contributed by atoms with van der Waals surface area (Å²) in [5.74, 6) is 5.07. The molecule has 0 bridgehead atoms. The maximum absolute atomic E-state index is 14.8. The molecule has 10 unspecified atom stereocenters. The van der Waals surface area contributed by atoms with Crippen LogP contribution in [0.15, 0.2) is 49.2 Å². The molecule has 6 saturated carbocycles. The van der Waals surface area contributed by atoms with Crippen LogP contribution in [0.25, 0.3) is 11.3 Å². The Balaban J connectivity index is 0.00000113. The van der Waals surface area contributed by atoms with E-state index in [2.05, 4.69) is 61.9 Å².